The fraction of sp³-hybridized carbons (Fsp3) is 0.240. The summed E-state index contributed by atoms with van der Waals surface area (Å²) in [6, 6.07) is 8.61. The lowest BCUT2D eigenvalue weighted by Crippen LogP contribution is -2.46. The zero-order chi connectivity index (χ0) is 28.0. The maximum absolute atomic E-state index is 14.1. The zero-order valence-electron chi connectivity index (χ0n) is 19.5. The molecule has 1 heterocycles. The molecule has 0 spiro atoms. The van der Waals surface area contributed by atoms with Gasteiger partial charge in [0.25, 0.3) is 10.0 Å². The van der Waals surface area contributed by atoms with Crippen LogP contribution < -0.4 is 9.04 Å². The second kappa shape index (κ2) is 10.1. The first-order chi connectivity index (χ1) is 17.7. The first kappa shape index (κ1) is 27.6. The lowest BCUT2D eigenvalue weighted by atomic mass is 9.98. The molecule has 1 aliphatic rings. The molecule has 0 radical (unpaired) electrons. The molecule has 0 saturated carbocycles. The van der Waals surface area contributed by atoms with Crippen LogP contribution in [0.2, 0.25) is 5.02 Å². The molecule has 202 valence electrons. The van der Waals surface area contributed by atoms with Gasteiger partial charge in [0.2, 0.25) is 0 Å². The number of carboxylic acid groups (broad SMARTS) is 1. The number of benzene rings is 3. The predicted octanol–water partition coefficient (Wildman–Crippen LogP) is 6.37. The molecule has 3 aromatic rings. The van der Waals surface area contributed by atoms with Crippen LogP contribution in [-0.4, -0.2) is 32.1 Å². The van der Waals surface area contributed by atoms with Gasteiger partial charge in [-0.3, -0.25) is 9.10 Å². The van der Waals surface area contributed by atoms with Gasteiger partial charge < -0.3 is 9.84 Å². The third-order valence-corrected chi connectivity index (χ3v) is 8.20. The monoisotopic (exact) mass is 575 g/mol. The number of carbonyl (C=O) groups is 1. The largest absolute Gasteiger partial charge is 0.486 e. The summed E-state index contributed by atoms with van der Waals surface area (Å²) in [5.74, 6) is -3.85. The fourth-order valence-electron chi connectivity index (χ4n) is 4.10. The van der Waals surface area contributed by atoms with Crippen molar-refractivity contribution in [1.82, 2.24) is 0 Å². The van der Waals surface area contributed by atoms with Gasteiger partial charge in [-0.15, -0.1) is 0 Å². The van der Waals surface area contributed by atoms with Crippen molar-refractivity contribution in [2.45, 2.75) is 30.5 Å². The van der Waals surface area contributed by atoms with E-state index in [1.165, 1.54) is 25.1 Å². The Balaban J connectivity index is 1.87. The average molecular weight is 576 g/mol. The molecular weight excluding hydrogens is 557 g/mol. The Morgan fingerprint density at radius 3 is 2.53 bits per heavy atom. The second-order valence-electron chi connectivity index (χ2n) is 8.72. The number of hydrogen-bond acceptors (Lipinski definition) is 4. The maximum Gasteiger partial charge on any atom is 0.416 e. The highest BCUT2D eigenvalue weighted by atomic mass is 35.5. The molecule has 1 N–H and O–H groups in total. The van der Waals surface area contributed by atoms with Crippen molar-refractivity contribution in [3.63, 3.8) is 0 Å². The number of sulfonamides is 1. The van der Waals surface area contributed by atoms with E-state index in [1.54, 1.807) is 0 Å². The molecule has 0 aromatic heterocycles. The van der Waals surface area contributed by atoms with E-state index in [2.05, 4.69) is 0 Å². The molecule has 4 rings (SSSR count). The zero-order valence-corrected chi connectivity index (χ0v) is 21.0. The number of fused-ring (bicyclic) bond motifs is 1. The smallest absolute Gasteiger partial charge is 0.416 e. The lowest BCUT2D eigenvalue weighted by molar-refractivity contribution is -0.139. The SMILES string of the molecule is CC(CC(=O)O)C1CN(S(=O)(=O)c2cccc(C(F)(F)F)c2)c2cc(-c3cc(F)cc(F)c3Cl)ccc2O1. The molecule has 0 amide bonds. The van der Waals surface area contributed by atoms with E-state index in [1.807, 2.05) is 0 Å². The van der Waals surface area contributed by atoms with Crippen LogP contribution >= 0.6 is 11.6 Å². The van der Waals surface area contributed by atoms with Crippen LogP contribution in [0.3, 0.4) is 0 Å². The molecule has 3 aromatic carbocycles. The summed E-state index contributed by atoms with van der Waals surface area (Å²) in [7, 11) is -4.65. The Morgan fingerprint density at radius 2 is 1.87 bits per heavy atom. The van der Waals surface area contributed by atoms with Crippen molar-refractivity contribution in [2.24, 2.45) is 5.92 Å². The quantitative estimate of drug-likeness (QED) is 0.273. The summed E-state index contributed by atoms with van der Waals surface area (Å²) in [5, 5.41) is 8.76. The van der Waals surface area contributed by atoms with Gasteiger partial charge in [0.1, 0.15) is 23.5 Å². The van der Waals surface area contributed by atoms with Crippen LogP contribution in [-0.2, 0) is 21.0 Å². The highest BCUT2D eigenvalue weighted by Crippen LogP contribution is 2.43. The number of rotatable bonds is 6. The lowest BCUT2D eigenvalue weighted by Gasteiger charge is -2.38. The van der Waals surface area contributed by atoms with E-state index in [0.717, 1.165) is 28.6 Å². The molecule has 0 fully saturated rings. The Hall–Kier alpha value is -3.38. The molecule has 6 nitrogen and oxygen atoms in total. The first-order valence-corrected chi connectivity index (χ1v) is 12.9. The van der Waals surface area contributed by atoms with Gasteiger partial charge >= 0.3 is 12.1 Å². The van der Waals surface area contributed by atoms with Crippen LogP contribution in [0.5, 0.6) is 5.75 Å². The van der Waals surface area contributed by atoms with Gasteiger partial charge in [-0.25, -0.2) is 17.2 Å². The van der Waals surface area contributed by atoms with Gasteiger partial charge in [0, 0.05) is 17.5 Å². The molecule has 0 saturated heterocycles. The highest BCUT2D eigenvalue weighted by molar-refractivity contribution is 7.92. The van der Waals surface area contributed by atoms with Crippen molar-refractivity contribution in [1.29, 1.82) is 0 Å². The standard InChI is InChI=1S/C25H19ClF5NO5S/c1-13(7-23(33)34)22-12-32(38(35,36)17-4-2-3-15(9-17)25(29,30)31)20-8-14(5-6-21(20)37-22)18-10-16(27)11-19(28)24(18)26/h2-6,8-11,13,22H,7,12H2,1H3,(H,33,34). The molecular formula is C25H19ClF5NO5S. The molecule has 38 heavy (non-hydrogen) atoms. The number of nitrogens with zero attached hydrogens (tertiary/aromatic N) is 1. The van der Waals surface area contributed by atoms with Gasteiger partial charge in [0.15, 0.2) is 0 Å². The fourth-order valence-corrected chi connectivity index (χ4v) is 5.84. The molecule has 2 atom stereocenters. The van der Waals surface area contributed by atoms with E-state index >= 15 is 0 Å². The minimum absolute atomic E-state index is 0.0224. The summed E-state index contributed by atoms with van der Waals surface area (Å²) in [5.41, 5.74) is -1.29. The Morgan fingerprint density at radius 1 is 1.16 bits per heavy atom. The van der Waals surface area contributed by atoms with E-state index in [4.69, 9.17) is 16.3 Å². The number of aliphatic carboxylic acids is 1. The molecule has 0 aliphatic carbocycles. The molecule has 1 aliphatic heterocycles. The third-order valence-electron chi connectivity index (χ3n) is 6.04. The molecule has 2 unspecified atom stereocenters. The van der Waals surface area contributed by atoms with Gasteiger partial charge in [-0.1, -0.05) is 30.7 Å². The van der Waals surface area contributed by atoms with Gasteiger partial charge in [-0.05, 0) is 42.0 Å². The number of halogens is 6. The number of carboxylic acids is 1. The minimum Gasteiger partial charge on any atom is -0.486 e. The molecule has 0 bridgehead atoms. The van der Waals surface area contributed by atoms with Crippen molar-refractivity contribution >= 4 is 33.3 Å². The number of alkyl halides is 3. The normalized spacial score (nSPS) is 16.5. The number of ether oxygens (including phenoxy) is 1. The number of hydrogen-bond donors (Lipinski definition) is 1. The highest BCUT2D eigenvalue weighted by Gasteiger charge is 2.39. The van der Waals surface area contributed by atoms with E-state index in [9.17, 15) is 40.3 Å². The van der Waals surface area contributed by atoms with Crippen molar-refractivity contribution < 1.29 is 45.0 Å². The van der Waals surface area contributed by atoms with E-state index < -0.39 is 67.9 Å². The van der Waals surface area contributed by atoms with Crippen LogP contribution in [0, 0.1) is 17.6 Å². The summed E-state index contributed by atoms with van der Waals surface area (Å²) in [4.78, 5) is 10.6. The Labute approximate surface area is 219 Å². The first-order valence-electron chi connectivity index (χ1n) is 11.1. The average Bonchev–Trinajstić information content (AvgIpc) is 2.84. The number of anilines is 1. The Bertz CT molecular complexity index is 1510. The van der Waals surface area contributed by atoms with Crippen molar-refractivity contribution in [3.05, 3.63) is 76.8 Å². The Kier molecular flexibility index (Phi) is 7.32. The van der Waals surface area contributed by atoms with Crippen LogP contribution in [0.15, 0.2) is 59.5 Å². The summed E-state index contributed by atoms with van der Waals surface area (Å²) in [6.07, 6.45) is -6.15. The molecule has 13 heteroatoms. The predicted molar refractivity (Wildman–Crippen MR) is 129 cm³/mol. The maximum atomic E-state index is 14.1. The van der Waals surface area contributed by atoms with Crippen molar-refractivity contribution in [2.75, 3.05) is 10.8 Å². The third kappa shape index (κ3) is 5.41. The van der Waals surface area contributed by atoms with Gasteiger partial charge in [0.05, 0.1) is 34.1 Å². The topological polar surface area (TPSA) is 83.9 Å². The van der Waals surface area contributed by atoms with Crippen LogP contribution in [0.4, 0.5) is 27.6 Å². The van der Waals surface area contributed by atoms with E-state index in [0.29, 0.717) is 12.1 Å². The van der Waals surface area contributed by atoms with Crippen LogP contribution in [0.1, 0.15) is 18.9 Å². The van der Waals surface area contributed by atoms with E-state index in [-0.39, 0.29) is 29.0 Å². The summed E-state index contributed by atoms with van der Waals surface area (Å²) >= 11 is 6.01. The van der Waals surface area contributed by atoms with Gasteiger partial charge in [-0.2, -0.15) is 13.2 Å². The second-order valence-corrected chi connectivity index (χ2v) is 11.0. The summed E-state index contributed by atoms with van der Waals surface area (Å²) < 4.78 is 102. The summed E-state index contributed by atoms with van der Waals surface area (Å²) in [6.45, 7) is 1.09. The van der Waals surface area contributed by atoms with Crippen molar-refractivity contribution in [3.8, 4) is 16.9 Å². The van der Waals surface area contributed by atoms with Crippen LogP contribution in [0.25, 0.3) is 11.1 Å². The minimum atomic E-state index is -4.81.